The van der Waals surface area contributed by atoms with E-state index in [1.54, 1.807) is 25.3 Å². The molecule has 1 fully saturated rings. The molecule has 1 aliphatic rings. The lowest BCUT2D eigenvalue weighted by atomic mass is 9.87. The SMILES string of the molecule is CC(=O)NC(c1ccccn1)C1CCN(Cc2cccc(OCc3ccc(F)cc3)c2)CC1. The number of aromatic nitrogens is 1. The fourth-order valence-electron chi connectivity index (χ4n) is 4.40. The molecule has 1 saturated heterocycles. The maximum absolute atomic E-state index is 13.1. The van der Waals surface area contributed by atoms with Crippen molar-refractivity contribution in [1.29, 1.82) is 0 Å². The highest BCUT2D eigenvalue weighted by Crippen LogP contribution is 2.30. The lowest BCUT2D eigenvalue weighted by Gasteiger charge is -2.36. The zero-order chi connectivity index (χ0) is 23.0. The van der Waals surface area contributed by atoms with Gasteiger partial charge in [0.1, 0.15) is 18.2 Å². The number of carbonyl (C=O) groups is 1. The van der Waals surface area contributed by atoms with E-state index in [1.807, 2.05) is 30.3 Å². The van der Waals surface area contributed by atoms with Gasteiger partial charge >= 0.3 is 0 Å². The van der Waals surface area contributed by atoms with Crippen molar-refractivity contribution >= 4 is 5.91 Å². The highest BCUT2D eigenvalue weighted by atomic mass is 19.1. The number of ether oxygens (including phenoxy) is 1. The van der Waals surface area contributed by atoms with Gasteiger partial charge in [-0.1, -0.05) is 30.3 Å². The number of rotatable bonds is 8. The Bertz CT molecular complexity index is 1030. The molecule has 1 N–H and O–H groups in total. The van der Waals surface area contributed by atoms with Crippen molar-refractivity contribution < 1.29 is 13.9 Å². The van der Waals surface area contributed by atoms with Gasteiger partial charge in [0.15, 0.2) is 0 Å². The van der Waals surface area contributed by atoms with E-state index in [2.05, 4.69) is 27.3 Å². The molecule has 1 atom stereocenters. The summed E-state index contributed by atoms with van der Waals surface area (Å²) in [6, 6.07) is 20.3. The van der Waals surface area contributed by atoms with Gasteiger partial charge in [0, 0.05) is 19.7 Å². The van der Waals surface area contributed by atoms with Crippen LogP contribution in [0.25, 0.3) is 0 Å². The molecule has 0 spiro atoms. The van der Waals surface area contributed by atoms with Gasteiger partial charge in [-0.15, -0.1) is 0 Å². The molecule has 33 heavy (non-hydrogen) atoms. The van der Waals surface area contributed by atoms with Crippen molar-refractivity contribution in [2.24, 2.45) is 5.92 Å². The molecule has 3 aromatic rings. The number of pyridine rings is 1. The first-order valence-electron chi connectivity index (χ1n) is 11.4. The van der Waals surface area contributed by atoms with Gasteiger partial charge in [-0.05, 0) is 79.4 Å². The number of hydrogen-bond donors (Lipinski definition) is 1. The van der Waals surface area contributed by atoms with Crippen LogP contribution in [0.1, 0.15) is 42.6 Å². The van der Waals surface area contributed by atoms with Gasteiger partial charge in [-0.25, -0.2) is 4.39 Å². The molecule has 1 unspecified atom stereocenters. The van der Waals surface area contributed by atoms with Gasteiger partial charge in [0.2, 0.25) is 5.91 Å². The van der Waals surface area contributed by atoms with Crippen LogP contribution in [-0.4, -0.2) is 28.9 Å². The minimum absolute atomic E-state index is 0.0227. The Morgan fingerprint density at radius 3 is 2.58 bits per heavy atom. The number of benzene rings is 2. The first-order valence-corrected chi connectivity index (χ1v) is 11.4. The molecule has 0 saturated carbocycles. The van der Waals surface area contributed by atoms with Crippen molar-refractivity contribution in [3.8, 4) is 5.75 Å². The Balaban J connectivity index is 1.31. The average Bonchev–Trinajstić information content (AvgIpc) is 2.83. The Hall–Kier alpha value is -3.25. The van der Waals surface area contributed by atoms with Crippen LogP contribution in [0.4, 0.5) is 4.39 Å². The molecule has 1 aromatic heterocycles. The van der Waals surface area contributed by atoms with E-state index in [9.17, 15) is 9.18 Å². The smallest absolute Gasteiger partial charge is 0.217 e. The lowest BCUT2D eigenvalue weighted by molar-refractivity contribution is -0.120. The Labute approximate surface area is 194 Å². The van der Waals surface area contributed by atoms with E-state index in [0.717, 1.165) is 49.5 Å². The first kappa shape index (κ1) is 22.9. The molecule has 1 aliphatic heterocycles. The third-order valence-electron chi connectivity index (χ3n) is 6.09. The predicted octanol–water partition coefficient (Wildman–Crippen LogP) is 4.89. The Morgan fingerprint density at radius 2 is 1.88 bits per heavy atom. The van der Waals surface area contributed by atoms with Gasteiger partial charge in [0.25, 0.3) is 0 Å². The number of nitrogens with zero attached hydrogens (tertiary/aromatic N) is 2. The molecule has 5 nitrogen and oxygen atoms in total. The van der Waals surface area contributed by atoms with Gasteiger partial charge in [-0.2, -0.15) is 0 Å². The molecule has 6 heteroatoms. The molecule has 4 rings (SSSR count). The highest BCUT2D eigenvalue weighted by molar-refractivity contribution is 5.73. The minimum atomic E-state index is -0.243. The maximum atomic E-state index is 13.1. The van der Waals surface area contributed by atoms with E-state index in [-0.39, 0.29) is 17.8 Å². The largest absolute Gasteiger partial charge is 0.489 e. The summed E-state index contributed by atoms with van der Waals surface area (Å²) in [7, 11) is 0. The van der Waals surface area contributed by atoms with E-state index < -0.39 is 0 Å². The number of halogens is 1. The molecule has 2 aromatic carbocycles. The van der Waals surface area contributed by atoms with E-state index in [1.165, 1.54) is 17.7 Å². The van der Waals surface area contributed by atoms with Crippen molar-refractivity contribution in [3.63, 3.8) is 0 Å². The standard InChI is InChI=1S/C27H30FN3O2/c1-20(32)30-27(26-7-2-3-14-29-26)23-12-15-31(16-13-23)18-22-5-4-6-25(17-22)33-19-21-8-10-24(28)11-9-21/h2-11,14,17,23,27H,12-13,15-16,18-19H2,1H3,(H,30,32). The molecule has 172 valence electrons. The van der Waals surface area contributed by atoms with Crippen molar-refractivity contribution in [2.75, 3.05) is 13.1 Å². The van der Waals surface area contributed by atoms with E-state index >= 15 is 0 Å². The zero-order valence-electron chi connectivity index (χ0n) is 18.9. The second-order valence-electron chi connectivity index (χ2n) is 8.61. The molecule has 0 aliphatic carbocycles. The predicted molar refractivity (Wildman–Crippen MR) is 126 cm³/mol. The van der Waals surface area contributed by atoms with Crippen LogP contribution in [0, 0.1) is 11.7 Å². The van der Waals surface area contributed by atoms with Crippen LogP contribution in [0.2, 0.25) is 0 Å². The first-order chi connectivity index (χ1) is 16.1. The lowest BCUT2D eigenvalue weighted by Crippen LogP contribution is -2.40. The summed E-state index contributed by atoms with van der Waals surface area (Å²) in [5.74, 6) is 0.913. The van der Waals surface area contributed by atoms with Gasteiger partial charge in [0.05, 0.1) is 11.7 Å². The van der Waals surface area contributed by atoms with Crippen molar-refractivity contribution in [2.45, 2.75) is 39.0 Å². The average molecular weight is 448 g/mol. The quantitative estimate of drug-likeness (QED) is 0.534. The summed E-state index contributed by atoms with van der Waals surface area (Å²) in [4.78, 5) is 18.7. The summed E-state index contributed by atoms with van der Waals surface area (Å²) >= 11 is 0. The van der Waals surface area contributed by atoms with Crippen molar-refractivity contribution in [3.05, 3.63) is 95.6 Å². The third-order valence-corrected chi connectivity index (χ3v) is 6.09. The maximum Gasteiger partial charge on any atom is 0.217 e. The van der Waals surface area contributed by atoms with Crippen LogP contribution in [0.15, 0.2) is 72.9 Å². The topological polar surface area (TPSA) is 54.5 Å². The summed E-state index contributed by atoms with van der Waals surface area (Å²) in [5, 5.41) is 3.11. The van der Waals surface area contributed by atoms with Crippen LogP contribution in [0.5, 0.6) is 5.75 Å². The normalized spacial score (nSPS) is 15.7. The van der Waals surface area contributed by atoms with Crippen LogP contribution < -0.4 is 10.1 Å². The van der Waals surface area contributed by atoms with Gasteiger partial charge < -0.3 is 10.1 Å². The fourth-order valence-corrected chi connectivity index (χ4v) is 4.40. The number of nitrogens with one attached hydrogen (secondary N) is 1. The van der Waals surface area contributed by atoms with Crippen LogP contribution in [-0.2, 0) is 17.9 Å². The van der Waals surface area contributed by atoms with Crippen LogP contribution >= 0.6 is 0 Å². The Kier molecular flexibility index (Phi) is 7.68. The molecule has 1 amide bonds. The van der Waals surface area contributed by atoms with Crippen LogP contribution in [0.3, 0.4) is 0 Å². The summed E-state index contributed by atoms with van der Waals surface area (Å²) in [6.45, 7) is 4.76. The number of amides is 1. The van der Waals surface area contributed by atoms with Crippen molar-refractivity contribution in [1.82, 2.24) is 15.2 Å². The number of hydrogen-bond acceptors (Lipinski definition) is 4. The summed E-state index contributed by atoms with van der Waals surface area (Å²) in [6.07, 6.45) is 3.79. The monoisotopic (exact) mass is 447 g/mol. The number of piperidine rings is 1. The molecule has 2 heterocycles. The third kappa shape index (κ3) is 6.62. The van der Waals surface area contributed by atoms with E-state index in [0.29, 0.717) is 12.5 Å². The number of carbonyl (C=O) groups excluding carboxylic acids is 1. The second-order valence-corrected chi connectivity index (χ2v) is 8.61. The molecular weight excluding hydrogens is 417 g/mol. The van der Waals surface area contributed by atoms with Gasteiger partial charge in [-0.3, -0.25) is 14.7 Å². The fraction of sp³-hybridized carbons (Fsp3) is 0.333. The molecule has 0 radical (unpaired) electrons. The van der Waals surface area contributed by atoms with E-state index in [4.69, 9.17) is 4.74 Å². The summed E-state index contributed by atoms with van der Waals surface area (Å²) < 4.78 is 19.0. The molecular formula is C27H30FN3O2. The Morgan fingerprint density at radius 1 is 1.09 bits per heavy atom. The minimum Gasteiger partial charge on any atom is -0.489 e. The number of likely N-dealkylation sites (tertiary alicyclic amines) is 1. The highest BCUT2D eigenvalue weighted by Gasteiger charge is 2.29. The summed E-state index contributed by atoms with van der Waals surface area (Å²) in [5.41, 5.74) is 3.07. The zero-order valence-corrected chi connectivity index (χ0v) is 18.9. The second kappa shape index (κ2) is 11.1. The molecule has 0 bridgehead atoms.